The van der Waals surface area contributed by atoms with E-state index >= 15 is 0 Å². The predicted molar refractivity (Wildman–Crippen MR) is 60.4 cm³/mol. The SMILES string of the molecule is C#CCCNc1nc(Cl)nc(C)c1[N+](=O)[O-]. The lowest BCUT2D eigenvalue weighted by atomic mass is 10.3. The van der Waals surface area contributed by atoms with Gasteiger partial charge < -0.3 is 5.32 Å². The Labute approximate surface area is 97.2 Å². The first-order valence-corrected chi connectivity index (χ1v) is 4.80. The van der Waals surface area contributed by atoms with Gasteiger partial charge in [-0.1, -0.05) is 0 Å². The highest BCUT2D eigenvalue weighted by Crippen LogP contribution is 2.26. The minimum atomic E-state index is -0.552. The molecule has 0 spiro atoms. The predicted octanol–water partition coefficient (Wildman–Crippen LogP) is 1.78. The molecule has 0 aliphatic rings. The molecule has 1 heterocycles. The van der Waals surface area contributed by atoms with Crippen LogP contribution in [0.1, 0.15) is 12.1 Å². The lowest BCUT2D eigenvalue weighted by molar-refractivity contribution is -0.385. The molecule has 1 rings (SSSR count). The van der Waals surface area contributed by atoms with Crippen molar-refractivity contribution in [3.05, 3.63) is 21.1 Å². The lowest BCUT2D eigenvalue weighted by Crippen LogP contribution is -2.08. The number of halogens is 1. The average Bonchev–Trinajstić information content (AvgIpc) is 2.16. The van der Waals surface area contributed by atoms with Crippen LogP contribution in [-0.4, -0.2) is 21.4 Å². The van der Waals surface area contributed by atoms with E-state index in [0.29, 0.717) is 13.0 Å². The molecular formula is C9H9ClN4O2. The third-order valence-corrected chi connectivity index (χ3v) is 1.94. The van der Waals surface area contributed by atoms with Crippen LogP contribution in [0.25, 0.3) is 0 Å². The second kappa shape index (κ2) is 5.28. The van der Waals surface area contributed by atoms with Crippen molar-refractivity contribution >= 4 is 23.1 Å². The summed E-state index contributed by atoms with van der Waals surface area (Å²) in [5, 5.41) is 13.5. The highest BCUT2D eigenvalue weighted by molar-refractivity contribution is 6.28. The maximum absolute atomic E-state index is 10.8. The second-order valence-electron chi connectivity index (χ2n) is 2.91. The number of nitrogens with one attached hydrogen (secondary N) is 1. The fraction of sp³-hybridized carbons (Fsp3) is 0.333. The summed E-state index contributed by atoms with van der Waals surface area (Å²) in [6.45, 7) is 1.89. The summed E-state index contributed by atoms with van der Waals surface area (Å²) < 4.78 is 0. The summed E-state index contributed by atoms with van der Waals surface area (Å²) in [6, 6.07) is 0. The van der Waals surface area contributed by atoms with Gasteiger partial charge in [-0.3, -0.25) is 10.1 Å². The van der Waals surface area contributed by atoms with Crippen molar-refractivity contribution in [1.29, 1.82) is 0 Å². The zero-order chi connectivity index (χ0) is 12.1. The molecule has 0 fully saturated rings. The van der Waals surface area contributed by atoms with Gasteiger partial charge in [0.2, 0.25) is 11.1 Å². The van der Waals surface area contributed by atoms with Gasteiger partial charge in [-0.15, -0.1) is 12.3 Å². The van der Waals surface area contributed by atoms with Crippen LogP contribution in [0.4, 0.5) is 11.5 Å². The monoisotopic (exact) mass is 240 g/mol. The van der Waals surface area contributed by atoms with Crippen molar-refractivity contribution in [3.63, 3.8) is 0 Å². The molecule has 1 aromatic heterocycles. The van der Waals surface area contributed by atoms with Gasteiger partial charge >= 0.3 is 5.69 Å². The van der Waals surface area contributed by atoms with Gasteiger partial charge in [0.1, 0.15) is 5.69 Å². The Morgan fingerprint density at radius 2 is 2.31 bits per heavy atom. The van der Waals surface area contributed by atoms with Gasteiger partial charge in [0.25, 0.3) is 0 Å². The zero-order valence-corrected chi connectivity index (χ0v) is 9.28. The Kier molecular flexibility index (Phi) is 4.03. The summed E-state index contributed by atoms with van der Waals surface area (Å²) in [6.07, 6.45) is 5.51. The van der Waals surface area contributed by atoms with Crippen LogP contribution in [0.2, 0.25) is 5.28 Å². The van der Waals surface area contributed by atoms with Crippen LogP contribution >= 0.6 is 11.6 Å². The third-order valence-electron chi connectivity index (χ3n) is 1.78. The van der Waals surface area contributed by atoms with Crippen LogP contribution in [0.3, 0.4) is 0 Å². The molecule has 0 atom stereocenters. The Morgan fingerprint density at radius 3 is 2.88 bits per heavy atom. The summed E-state index contributed by atoms with van der Waals surface area (Å²) in [7, 11) is 0. The molecule has 0 unspecified atom stereocenters. The van der Waals surface area contributed by atoms with E-state index in [1.165, 1.54) is 6.92 Å². The van der Waals surface area contributed by atoms with Crippen molar-refractivity contribution in [2.45, 2.75) is 13.3 Å². The molecule has 6 nitrogen and oxygen atoms in total. The van der Waals surface area contributed by atoms with E-state index in [-0.39, 0.29) is 22.5 Å². The smallest absolute Gasteiger partial charge is 0.332 e. The average molecular weight is 241 g/mol. The molecule has 0 saturated heterocycles. The van der Waals surface area contributed by atoms with E-state index in [4.69, 9.17) is 18.0 Å². The Bertz CT molecular complexity index is 456. The molecular weight excluding hydrogens is 232 g/mol. The van der Waals surface area contributed by atoms with E-state index in [0.717, 1.165) is 0 Å². The van der Waals surface area contributed by atoms with Crippen LogP contribution in [-0.2, 0) is 0 Å². The van der Waals surface area contributed by atoms with Crippen molar-refractivity contribution < 1.29 is 4.92 Å². The first-order valence-electron chi connectivity index (χ1n) is 4.42. The number of terminal acetylenes is 1. The van der Waals surface area contributed by atoms with E-state index < -0.39 is 4.92 Å². The molecule has 7 heteroatoms. The number of rotatable bonds is 4. The van der Waals surface area contributed by atoms with Gasteiger partial charge in [0, 0.05) is 13.0 Å². The van der Waals surface area contributed by atoms with Crippen LogP contribution < -0.4 is 5.32 Å². The first-order chi connectivity index (χ1) is 7.56. The Hall–Kier alpha value is -1.87. The van der Waals surface area contributed by atoms with Gasteiger partial charge in [-0.05, 0) is 18.5 Å². The molecule has 0 bridgehead atoms. The van der Waals surface area contributed by atoms with E-state index in [2.05, 4.69) is 21.2 Å². The minimum Gasteiger partial charge on any atom is -0.363 e. The largest absolute Gasteiger partial charge is 0.363 e. The normalized spacial score (nSPS) is 9.56. The molecule has 1 N–H and O–H groups in total. The fourth-order valence-electron chi connectivity index (χ4n) is 1.13. The molecule has 84 valence electrons. The number of aryl methyl sites for hydroxylation is 1. The van der Waals surface area contributed by atoms with Crippen molar-refractivity contribution in [1.82, 2.24) is 9.97 Å². The highest BCUT2D eigenvalue weighted by atomic mass is 35.5. The number of nitrogens with zero attached hydrogens (tertiary/aromatic N) is 3. The van der Waals surface area contributed by atoms with Crippen LogP contribution in [0.15, 0.2) is 0 Å². The van der Waals surface area contributed by atoms with Gasteiger partial charge in [-0.25, -0.2) is 4.98 Å². The van der Waals surface area contributed by atoms with Crippen LogP contribution in [0.5, 0.6) is 0 Å². The number of hydrogen-bond donors (Lipinski definition) is 1. The van der Waals surface area contributed by atoms with Gasteiger partial charge in [-0.2, -0.15) is 4.98 Å². The first kappa shape index (κ1) is 12.2. The van der Waals surface area contributed by atoms with E-state index in [1.807, 2.05) is 0 Å². The van der Waals surface area contributed by atoms with Crippen molar-refractivity contribution in [3.8, 4) is 12.3 Å². The maximum atomic E-state index is 10.8. The maximum Gasteiger partial charge on any atom is 0.332 e. The molecule has 0 saturated carbocycles. The zero-order valence-electron chi connectivity index (χ0n) is 8.53. The topological polar surface area (TPSA) is 81.0 Å². The Morgan fingerprint density at radius 1 is 1.62 bits per heavy atom. The minimum absolute atomic E-state index is 0.0358. The van der Waals surface area contributed by atoms with Crippen LogP contribution in [0, 0.1) is 29.4 Å². The lowest BCUT2D eigenvalue weighted by Gasteiger charge is -2.05. The molecule has 0 aliphatic carbocycles. The molecule has 16 heavy (non-hydrogen) atoms. The summed E-state index contributed by atoms with van der Waals surface area (Å²) in [4.78, 5) is 17.7. The summed E-state index contributed by atoms with van der Waals surface area (Å²) in [5.41, 5.74) is 0.0367. The number of aromatic nitrogens is 2. The Balaban J connectivity index is 3.05. The van der Waals surface area contributed by atoms with Gasteiger partial charge in [0.15, 0.2) is 0 Å². The second-order valence-corrected chi connectivity index (χ2v) is 3.25. The molecule has 0 aromatic carbocycles. The van der Waals surface area contributed by atoms with E-state index in [1.54, 1.807) is 0 Å². The number of anilines is 1. The molecule has 0 radical (unpaired) electrons. The van der Waals surface area contributed by atoms with Crippen molar-refractivity contribution in [2.24, 2.45) is 0 Å². The quantitative estimate of drug-likeness (QED) is 0.285. The third kappa shape index (κ3) is 2.81. The van der Waals surface area contributed by atoms with E-state index in [9.17, 15) is 10.1 Å². The fourth-order valence-corrected chi connectivity index (χ4v) is 1.34. The molecule has 0 amide bonds. The number of nitro groups is 1. The standard InChI is InChI=1S/C9H9ClN4O2/c1-3-4-5-11-8-7(14(15)16)6(2)12-9(10)13-8/h1H,4-5H2,2H3,(H,11,12,13). The van der Waals surface area contributed by atoms with Crippen molar-refractivity contribution in [2.75, 3.05) is 11.9 Å². The van der Waals surface area contributed by atoms with Gasteiger partial charge in [0.05, 0.1) is 4.92 Å². The number of hydrogen-bond acceptors (Lipinski definition) is 5. The highest BCUT2D eigenvalue weighted by Gasteiger charge is 2.20. The molecule has 1 aromatic rings. The summed E-state index contributed by atoms with van der Waals surface area (Å²) in [5.74, 6) is 2.50. The summed E-state index contributed by atoms with van der Waals surface area (Å²) >= 11 is 5.61. The molecule has 0 aliphatic heterocycles.